The van der Waals surface area contributed by atoms with E-state index in [0.29, 0.717) is 22.4 Å². The second-order valence-electron chi connectivity index (χ2n) is 8.19. The molecule has 1 unspecified atom stereocenters. The Bertz CT molecular complexity index is 1270. The van der Waals surface area contributed by atoms with E-state index in [1.165, 1.54) is 19.3 Å². The molecule has 0 amide bonds. The third-order valence-corrected chi connectivity index (χ3v) is 7.41. The lowest BCUT2D eigenvalue weighted by molar-refractivity contribution is 0.462. The average Bonchev–Trinajstić information content (AvgIpc) is 3.20. The summed E-state index contributed by atoms with van der Waals surface area (Å²) in [5.74, 6) is 0.693. The zero-order valence-electron chi connectivity index (χ0n) is 17.8. The van der Waals surface area contributed by atoms with Crippen LogP contribution in [0.5, 0.6) is 0 Å². The van der Waals surface area contributed by atoms with Crippen molar-refractivity contribution in [3.8, 4) is 11.1 Å². The normalized spacial score (nSPS) is 15.7. The Hall–Kier alpha value is -2.77. The zero-order valence-corrected chi connectivity index (χ0v) is 19.4. The summed E-state index contributed by atoms with van der Waals surface area (Å²) in [6.45, 7) is 2.01. The van der Waals surface area contributed by atoms with Crippen molar-refractivity contribution in [1.29, 1.82) is 0 Å². The molecule has 1 fully saturated rings. The van der Waals surface area contributed by atoms with Gasteiger partial charge in [0.25, 0.3) is 0 Å². The molecule has 0 spiro atoms. The van der Waals surface area contributed by atoms with Crippen molar-refractivity contribution < 1.29 is 4.21 Å². The number of anilines is 1. The summed E-state index contributed by atoms with van der Waals surface area (Å²) in [7, 11) is -1.48. The highest BCUT2D eigenvalue weighted by Gasteiger charge is 2.23. The van der Waals surface area contributed by atoms with Crippen molar-refractivity contribution in [1.82, 2.24) is 18.9 Å². The lowest BCUT2D eigenvalue weighted by Crippen LogP contribution is -2.23. The van der Waals surface area contributed by atoms with Gasteiger partial charge in [-0.3, -0.25) is 4.98 Å². The highest BCUT2D eigenvalue weighted by molar-refractivity contribution is 7.83. The van der Waals surface area contributed by atoms with Gasteiger partial charge in [-0.25, -0.2) is 13.2 Å². The number of halogens is 1. The van der Waals surface area contributed by atoms with Crippen LogP contribution >= 0.6 is 11.6 Å². The van der Waals surface area contributed by atoms with E-state index < -0.39 is 11.0 Å². The first-order valence-electron chi connectivity index (χ1n) is 10.8. The molecule has 1 aliphatic carbocycles. The first-order valence-corrected chi connectivity index (χ1v) is 12.3. The number of benzene rings is 1. The van der Waals surface area contributed by atoms with Gasteiger partial charge in [-0.2, -0.15) is 4.98 Å². The highest BCUT2D eigenvalue weighted by Crippen LogP contribution is 2.37. The Morgan fingerprint density at radius 2 is 1.75 bits per heavy atom. The van der Waals surface area contributed by atoms with Crippen LogP contribution in [-0.4, -0.2) is 29.2 Å². The van der Waals surface area contributed by atoms with Crippen molar-refractivity contribution in [2.24, 2.45) is 0 Å². The van der Waals surface area contributed by atoms with Gasteiger partial charge < -0.3 is 5.32 Å². The molecule has 8 heteroatoms. The predicted molar refractivity (Wildman–Crippen MR) is 129 cm³/mol. The molecule has 0 bridgehead atoms. The second-order valence-corrected chi connectivity index (χ2v) is 9.89. The summed E-state index contributed by atoms with van der Waals surface area (Å²) >= 11 is 6.36. The molecular formula is C24H24ClN5OS. The van der Waals surface area contributed by atoms with E-state index in [9.17, 15) is 4.21 Å². The van der Waals surface area contributed by atoms with Gasteiger partial charge >= 0.3 is 0 Å². The van der Waals surface area contributed by atoms with Crippen LogP contribution < -0.4 is 5.32 Å². The number of nitrogens with one attached hydrogen (secondary N) is 1. The number of aryl methyl sites for hydroxylation is 1. The molecule has 1 N–H and O–H groups in total. The Morgan fingerprint density at radius 3 is 2.47 bits per heavy atom. The van der Waals surface area contributed by atoms with Crippen LogP contribution in [0, 0.1) is 6.92 Å². The van der Waals surface area contributed by atoms with Crippen LogP contribution in [0.4, 0.5) is 5.82 Å². The molecule has 0 radical (unpaired) electrons. The largest absolute Gasteiger partial charge is 0.367 e. The molecule has 164 valence electrons. The molecule has 1 saturated carbocycles. The SMILES string of the molecule is Cc1ccc(S(=O)n2cc(-c3ccncc3)c3c(NC4CCCCC4)nc(Cl)nc32)cc1. The first-order chi connectivity index (χ1) is 15.6. The Morgan fingerprint density at radius 1 is 1.03 bits per heavy atom. The van der Waals surface area contributed by atoms with Crippen LogP contribution in [0.1, 0.15) is 37.7 Å². The summed E-state index contributed by atoms with van der Waals surface area (Å²) < 4.78 is 15.3. The van der Waals surface area contributed by atoms with Gasteiger partial charge in [-0.15, -0.1) is 0 Å². The average molecular weight is 466 g/mol. The van der Waals surface area contributed by atoms with Crippen molar-refractivity contribution >= 4 is 39.4 Å². The molecule has 3 heterocycles. The van der Waals surface area contributed by atoms with Crippen LogP contribution in [0.2, 0.25) is 5.28 Å². The number of nitrogens with zero attached hydrogens (tertiary/aromatic N) is 4. The maximum Gasteiger partial charge on any atom is 0.226 e. The second kappa shape index (κ2) is 9.00. The maximum absolute atomic E-state index is 13.6. The fourth-order valence-corrected chi connectivity index (χ4v) is 5.51. The third-order valence-electron chi connectivity index (χ3n) is 5.93. The molecule has 1 aliphatic rings. The number of aromatic nitrogens is 4. The Balaban J connectivity index is 1.69. The fourth-order valence-electron chi connectivity index (χ4n) is 4.26. The molecule has 32 heavy (non-hydrogen) atoms. The Labute approximate surface area is 194 Å². The van der Waals surface area contributed by atoms with Gasteiger partial charge in [0, 0.05) is 30.2 Å². The Kier molecular flexibility index (Phi) is 5.93. The minimum absolute atomic E-state index is 0.136. The summed E-state index contributed by atoms with van der Waals surface area (Å²) in [6, 6.07) is 11.9. The summed E-state index contributed by atoms with van der Waals surface area (Å²) in [5, 5.41) is 4.57. The molecule has 6 nitrogen and oxygen atoms in total. The van der Waals surface area contributed by atoms with Gasteiger partial charge in [0.1, 0.15) is 5.82 Å². The van der Waals surface area contributed by atoms with Crippen molar-refractivity contribution in [3.63, 3.8) is 0 Å². The minimum atomic E-state index is -1.48. The molecular weight excluding hydrogens is 442 g/mol. The molecule has 1 aromatic carbocycles. The highest BCUT2D eigenvalue weighted by atomic mass is 35.5. The van der Waals surface area contributed by atoms with Gasteiger partial charge in [-0.05, 0) is 61.2 Å². The quantitative estimate of drug-likeness (QED) is 0.379. The van der Waals surface area contributed by atoms with E-state index in [2.05, 4.69) is 20.3 Å². The summed E-state index contributed by atoms with van der Waals surface area (Å²) in [5.41, 5.74) is 3.53. The fraction of sp³-hybridized carbons (Fsp3) is 0.292. The van der Waals surface area contributed by atoms with Crippen molar-refractivity contribution in [2.75, 3.05) is 5.32 Å². The third kappa shape index (κ3) is 4.14. The van der Waals surface area contributed by atoms with Crippen LogP contribution in [-0.2, 0) is 11.0 Å². The van der Waals surface area contributed by atoms with Gasteiger partial charge in [0.05, 0.1) is 10.3 Å². The zero-order chi connectivity index (χ0) is 22.1. The van der Waals surface area contributed by atoms with E-state index >= 15 is 0 Å². The van der Waals surface area contributed by atoms with Crippen LogP contribution in [0.15, 0.2) is 59.9 Å². The molecule has 0 aliphatic heterocycles. The topological polar surface area (TPSA) is 72.7 Å². The number of hydrogen-bond donors (Lipinski definition) is 1. The van der Waals surface area contributed by atoms with E-state index in [4.69, 9.17) is 11.6 Å². The summed E-state index contributed by atoms with van der Waals surface area (Å²) in [6.07, 6.45) is 11.3. The van der Waals surface area contributed by atoms with Crippen molar-refractivity contribution in [2.45, 2.75) is 50.0 Å². The molecule has 3 aromatic heterocycles. The lowest BCUT2D eigenvalue weighted by atomic mass is 9.95. The molecule has 4 aromatic rings. The van der Waals surface area contributed by atoms with E-state index in [1.54, 1.807) is 16.4 Å². The van der Waals surface area contributed by atoms with Crippen molar-refractivity contribution in [3.05, 3.63) is 65.8 Å². The number of rotatable bonds is 5. The predicted octanol–water partition coefficient (Wildman–Crippen LogP) is 5.77. The number of hydrogen-bond acceptors (Lipinski definition) is 5. The van der Waals surface area contributed by atoms with Gasteiger partial charge in [0.15, 0.2) is 16.6 Å². The number of pyridine rings is 1. The maximum atomic E-state index is 13.6. The van der Waals surface area contributed by atoms with Gasteiger partial charge in [0.2, 0.25) is 5.28 Å². The van der Waals surface area contributed by atoms with Crippen LogP contribution in [0.25, 0.3) is 22.2 Å². The molecule has 1 atom stereocenters. The standard InChI is InChI=1S/C24H24ClN5OS/c1-16-7-9-19(10-8-16)32(31)30-15-20(17-11-13-26-14-12-17)21-22(28-24(25)29-23(21)30)27-18-5-3-2-4-6-18/h7-15,18H,2-6H2,1H3,(H,27,28,29). The smallest absolute Gasteiger partial charge is 0.226 e. The van der Waals surface area contributed by atoms with E-state index in [0.717, 1.165) is 34.9 Å². The van der Waals surface area contributed by atoms with E-state index in [-0.39, 0.29) is 5.28 Å². The molecule has 5 rings (SSSR count). The van der Waals surface area contributed by atoms with Crippen LogP contribution in [0.3, 0.4) is 0 Å². The molecule has 0 saturated heterocycles. The monoisotopic (exact) mass is 465 g/mol. The minimum Gasteiger partial charge on any atom is -0.367 e. The van der Waals surface area contributed by atoms with Gasteiger partial charge in [-0.1, -0.05) is 37.0 Å². The lowest BCUT2D eigenvalue weighted by Gasteiger charge is -2.23. The van der Waals surface area contributed by atoms with E-state index in [1.807, 2.05) is 49.5 Å². The first kappa shape index (κ1) is 21.1. The summed E-state index contributed by atoms with van der Waals surface area (Å²) in [4.78, 5) is 13.9. The number of fused-ring (bicyclic) bond motifs is 1.